The van der Waals surface area contributed by atoms with Crippen molar-refractivity contribution < 1.29 is 52.1 Å². The molecule has 23 heavy (non-hydrogen) atoms. The third-order valence-electron chi connectivity index (χ3n) is 2.56. The molecule has 3 N–H and O–H groups in total. The molecular formula is C14H28N2NaO5S+. The summed E-state index contributed by atoms with van der Waals surface area (Å²) < 4.78 is 32.0. The molecule has 2 amide bonds. The maximum absolute atomic E-state index is 11.8. The predicted octanol–water partition coefficient (Wildman–Crippen LogP) is -1.75. The van der Waals surface area contributed by atoms with Gasteiger partial charge >= 0.3 is 29.6 Å². The number of amides is 2. The van der Waals surface area contributed by atoms with E-state index in [0.29, 0.717) is 0 Å². The average molecular weight is 359 g/mol. The fraction of sp³-hybridized carbons (Fsp3) is 0.857. The van der Waals surface area contributed by atoms with Crippen LogP contribution in [0.4, 0.5) is 0 Å². The first-order chi connectivity index (χ1) is 9.60. The minimum atomic E-state index is -4.40. The molecule has 0 aromatic carbocycles. The zero-order valence-electron chi connectivity index (χ0n) is 15.2. The molecule has 0 heterocycles. The fourth-order valence-electron chi connectivity index (χ4n) is 1.81. The van der Waals surface area contributed by atoms with Crippen molar-refractivity contribution in [3.63, 3.8) is 0 Å². The maximum Gasteiger partial charge on any atom is 1.00 e. The van der Waals surface area contributed by atoms with Crippen LogP contribution in [0.25, 0.3) is 0 Å². The molecule has 0 aliphatic heterocycles. The van der Waals surface area contributed by atoms with Gasteiger partial charge in [-0.1, -0.05) is 0 Å². The van der Waals surface area contributed by atoms with Crippen LogP contribution in [-0.2, 0) is 19.7 Å². The minimum Gasteiger partial charge on any atom is -0.352 e. The van der Waals surface area contributed by atoms with Crippen LogP contribution in [0.2, 0.25) is 0 Å². The van der Waals surface area contributed by atoms with E-state index in [-0.39, 0.29) is 54.7 Å². The van der Waals surface area contributed by atoms with E-state index >= 15 is 0 Å². The Labute approximate surface area is 161 Å². The van der Waals surface area contributed by atoms with Crippen molar-refractivity contribution in [3.8, 4) is 0 Å². The predicted molar refractivity (Wildman–Crippen MR) is 85.0 cm³/mol. The molecular weight excluding hydrogens is 331 g/mol. The SMILES string of the molecule is CC(C)(C)NC(=O)CCC(CC(=O)NC(C)(C)C)S(=O)(=O)O.[Na+]. The van der Waals surface area contributed by atoms with E-state index in [4.69, 9.17) is 0 Å². The van der Waals surface area contributed by atoms with E-state index in [0.717, 1.165) is 0 Å². The van der Waals surface area contributed by atoms with E-state index in [1.807, 2.05) is 20.8 Å². The van der Waals surface area contributed by atoms with Gasteiger partial charge in [-0.15, -0.1) is 0 Å². The Hall–Kier alpha value is -0.150. The second-order valence-electron chi connectivity index (χ2n) is 7.48. The number of rotatable bonds is 6. The second kappa shape index (κ2) is 9.36. The quantitative estimate of drug-likeness (QED) is 0.384. The van der Waals surface area contributed by atoms with E-state index < -0.39 is 32.4 Å². The number of hydrogen-bond donors (Lipinski definition) is 3. The zero-order chi connectivity index (χ0) is 17.8. The van der Waals surface area contributed by atoms with Crippen molar-refractivity contribution in [2.45, 2.75) is 77.1 Å². The molecule has 7 nitrogen and oxygen atoms in total. The van der Waals surface area contributed by atoms with Gasteiger partial charge in [-0.2, -0.15) is 8.42 Å². The molecule has 0 saturated heterocycles. The van der Waals surface area contributed by atoms with Crippen molar-refractivity contribution in [1.29, 1.82) is 0 Å². The molecule has 0 bridgehead atoms. The van der Waals surface area contributed by atoms with Crippen LogP contribution in [0.5, 0.6) is 0 Å². The van der Waals surface area contributed by atoms with Crippen molar-refractivity contribution in [2.75, 3.05) is 0 Å². The smallest absolute Gasteiger partial charge is 0.352 e. The maximum atomic E-state index is 11.8. The van der Waals surface area contributed by atoms with Gasteiger partial charge < -0.3 is 10.6 Å². The second-order valence-corrected chi connectivity index (χ2v) is 9.17. The van der Waals surface area contributed by atoms with Crippen LogP contribution >= 0.6 is 0 Å². The van der Waals surface area contributed by atoms with Gasteiger partial charge in [-0.3, -0.25) is 14.1 Å². The van der Waals surface area contributed by atoms with Gasteiger partial charge in [0.1, 0.15) is 0 Å². The van der Waals surface area contributed by atoms with Gasteiger partial charge in [0.05, 0.1) is 5.25 Å². The number of carbonyl (C=O) groups is 2. The van der Waals surface area contributed by atoms with Crippen LogP contribution in [0, 0.1) is 0 Å². The summed E-state index contributed by atoms with van der Waals surface area (Å²) >= 11 is 0. The summed E-state index contributed by atoms with van der Waals surface area (Å²) in [4.78, 5) is 23.5. The first-order valence-corrected chi connectivity index (χ1v) is 8.69. The summed E-state index contributed by atoms with van der Waals surface area (Å²) in [7, 11) is -4.40. The molecule has 1 unspecified atom stereocenters. The first kappa shape index (κ1) is 25.1. The molecule has 0 saturated carbocycles. The van der Waals surface area contributed by atoms with Crippen molar-refractivity contribution in [2.24, 2.45) is 0 Å². The van der Waals surface area contributed by atoms with E-state index in [1.165, 1.54) is 0 Å². The van der Waals surface area contributed by atoms with Crippen molar-refractivity contribution in [3.05, 3.63) is 0 Å². The molecule has 130 valence electrons. The fourth-order valence-corrected chi connectivity index (χ4v) is 2.58. The molecule has 9 heteroatoms. The molecule has 0 aliphatic rings. The Bertz CT molecular complexity index is 506. The Morgan fingerprint density at radius 2 is 1.35 bits per heavy atom. The van der Waals surface area contributed by atoms with Gasteiger partial charge in [0.25, 0.3) is 10.1 Å². The van der Waals surface area contributed by atoms with Gasteiger partial charge in [-0.05, 0) is 48.0 Å². The third-order valence-corrected chi connectivity index (χ3v) is 3.80. The number of carbonyl (C=O) groups excluding carboxylic acids is 2. The molecule has 0 radical (unpaired) electrons. The molecule has 1 atom stereocenters. The molecule has 0 fully saturated rings. The largest absolute Gasteiger partial charge is 1.00 e. The number of nitrogens with one attached hydrogen (secondary N) is 2. The molecule has 0 aromatic rings. The first-order valence-electron chi connectivity index (χ1n) is 7.18. The van der Waals surface area contributed by atoms with E-state index in [9.17, 15) is 22.6 Å². The number of hydrogen-bond acceptors (Lipinski definition) is 4. The van der Waals surface area contributed by atoms with Gasteiger partial charge in [-0.25, -0.2) is 0 Å². The van der Waals surface area contributed by atoms with E-state index in [2.05, 4.69) is 10.6 Å². The van der Waals surface area contributed by atoms with E-state index in [1.54, 1.807) is 20.8 Å². The van der Waals surface area contributed by atoms with Gasteiger partial charge in [0.15, 0.2) is 0 Å². The monoisotopic (exact) mass is 359 g/mol. The zero-order valence-corrected chi connectivity index (χ0v) is 18.0. The molecule has 0 rings (SSSR count). The van der Waals surface area contributed by atoms with Gasteiger partial charge in [0.2, 0.25) is 11.8 Å². The van der Waals surface area contributed by atoms with Crippen LogP contribution < -0.4 is 40.2 Å². The summed E-state index contributed by atoms with van der Waals surface area (Å²) in [5.41, 5.74) is -0.918. The average Bonchev–Trinajstić information content (AvgIpc) is 2.16. The van der Waals surface area contributed by atoms with Gasteiger partial charge in [0, 0.05) is 23.9 Å². The summed E-state index contributed by atoms with van der Waals surface area (Å²) in [6, 6.07) is 0. The Balaban J connectivity index is 0. The van der Waals surface area contributed by atoms with Crippen molar-refractivity contribution >= 4 is 21.9 Å². The standard InChI is InChI=1S/C14H28N2O5S.Na/c1-13(2,3)15-11(17)8-7-10(22(19,20)21)9-12(18)16-14(4,5)6;/h10H,7-9H2,1-6H3,(H,15,17)(H,16,18)(H,19,20,21);/q;+1. The van der Waals surface area contributed by atoms with Crippen molar-refractivity contribution in [1.82, 2.24) is 10.6 Å². The third kappa shape index (κ3) is 13.9. The van der Waals surface area contributed by atoms with Crippen LogP contribution in [0.1, 0.15) is 60.8 Å². The Morgan fingerprint density at radius 3 is 1.70 bits per heavy atom. The molecule has 0 aliphatic carbocycles. The molecule has 0 aromatic heterocycles. The van der Waals surface area contributed by atoms with Crippen LogP contribution in [0.3, 0.4) is 0 Å². The minimum absolute atomic E-state index is 0. The Kier molecular flexibility index (Phi) is 10.2. The summed E-state index contributed by atoms with van der Waals surface area (Å²) in [5, 5.41) is 4.04. The topological polar surface area (TPSA) is 113 Å². The molecule has 0 spiro atoms. The summed E-state index contributed by atoms with van der Waals surface area (Å²) in [5.74, 6) is -0.802. The summed E-state index contributed by atoms with van der Waals surface area (Å²) in [6.07, 6.45) is -0.568. The van der Waals surface area contributed by atoms with Crippen LogP contribution in [-0.4, -0.2) is 41.1 Å². The van der Waals surface area contributed by atoms with Crippen LogP contribution in [0.15, 0.2) is 0 Å². The normalized spacial score (nSPS) is 13.7. The summed E-state index contributed by atoms with van der Waals surface area (Å²) in [6.45, 7) is 10.7. The Morgan fingerprint density at radius 1 is 0.957 bits per heavy atom.